The molecule has 0 rings (SSSR count). The molecule has 8 heavy (non-hydrogen) atoms. The number of nitro groups is 1. The van der Waals surface area contributed by atoms with Gasteiger partial charge in [-0.25, -0.2) is 8.42 Å². The highest BCUT2D eigenvalue weighted by Gasteiger charge is 2.08. The number of nitrogens with zero attached hydrogens (tertiary/aromatic N) is 1. The van der Waals surface area contributed by atoms with E-state index in [0.717, 1.165) is 6.26 Å². The zero-order valence-corrected chi connectivity index (χ0v) is 5.01. The van der Waals surface area contributed by atoms with Crippen molar-refractivity contribution >= 4 is 9.84 Å². The summed E-state index contributed by atoms with van der Waals surface area (Å²) in [4.78, 5) is 8.56. The molecule has 6 heteroatoms. The summed E-state index contributed by atoms with van der Waals surface area (Å²) in [7, 11) is -3.42. The standard InChI is InChI=1S/C2H5NO4S/c1-8(6,7)2-3(4)5/h2H2,1H3. The lowest BCUT2D eigenvalue weighted by atomic mass is 11.5. The predicted octanol–water partition coefficient (Wildman–Crippen LogP) is -0.735. The lowest BCUT2D eigenvalue weighted by molar-refractivity contribution is -0.458. The van der Waals surface area contributed by atoms with E-state index >= 15 is 0 Å². The van der Waals surface area contributed by atoms with E-state index in [1.54, 1.807) is 0 Å². The first-order valence-corrected chi connectivity index (χ1v) is 3.77. The maximum atomic E-state index is 10.0. The second kappa shape index (κ2) is 2.08. The fourth-order valence-corrected chi connectivity index (χ4v) is 0.574. The summed E-state index contributed by atoms with van der Waals surface area (Å²) in [5.41, 5.74) is 0. The van der Waals surface area contributed by atoms with Crippen molar-refractivity contribution in [3.05, 3.63) is 10.1 Å². The molecule has 0 aromatic rings. The molecule has 5 nitrogen and oxygen atoms in total. The van der Waals surface area contributed by atoms with Gasteiger partial charge in [0.25, 0.3) is 0 Å². The molecule has 0 saturated heterocycles. The van der Waals surface area contributed by atoms with Crippen molar-refractivity contribution in [1.29, 1.82) is 0 Å². The molecule has 0 aliphatic carbocycles. The molecule has 0 N–H and O–H groups in total. The molecule has 0 amide bonds. The van der Waals surface area contributed by atoms with E-state index in [4.69, 9.17) is 0 Å². The lowest BCUT2D eigenvalue weighted by Crippen LogP contribution is -2.11. The van der Waals surface area contributed by atoms with Crippen LogP contribution in [0.3, 0.4) is 0 Å². The van der Waals surface area contributed by atoms with Crippen LogP contribution < -0.4 is 0 Å². The molecule has 0 unspecified atom stereocenters. The van der Waals surface area contributed by atoms with Crippen molar-refractivity contribution in [2.24, 2.45) is 0 Å². The van der Waals surface area contributed by atoms with Crippen LogP contribution in [0.4, 0.5) is 0 Å². The Morgan fingerprint density at radius 3 is 2.00 bits per heavy atom. The van der Waals surface area contributed by atoms with Crippen molar-refractivity contribution in [2.45, 2.75) is 0 Å². The summed E-state index contributed by atoms with van der Waals surface area (Å²) in [6.45, 7) is 0. The molecule has 0 aromatic heterocycles. The fourth-order valence-electron chi connectivity index (χ4n) is 0.191. The van der Waals surface area contributed by atoms with Crippen molar-refractivity contribution < 1.29 is 13.3 Å². The van der Waals surface area contributed by atoms with Gasteiger partial charge in [-0.2, -0.15) is 0 Å². The van der Waals surface area contributed by atoms with Crippen LogP contribution in [-0.4, -0.2) is 25.5 Å². The third kappa shape index (κ3) is 5.35. The molecular formula is C2H5NO4S. The Morgan fingerprint density at radius 1 is 1.62 bits per heavy atom. The van der Waals surface area contributed by atoms with Crippen LogP contribution >= 0.6 is 0 Å². The Morgan fingerprint density at radius 2 is 2.00 bits per heavy atom. The lowest BCUT2D eigenvalue weighted by Gasteiger charge is -1.85. The second-order valence-electron chi connectivity index (χ2n) is 1.39. The molecule has 0 aromatic carbocycles. The third-order valence-electron chi connectivity index (χ3n) is 0.340. The van der Waals surface area contributed by atoms with Crippen LogP contribution in [0.1, 0.15) is 0 Å². The molecule has 0 saturated carbocycles. The molecule has 0 atom stereocenters. The summed E-state index contributed by atoms with van der Waals surface area (Å²) in [6, 6.07) is 0. The number of sulfone groups is 1. The fraction of sp³-hybridized carbons (Fsp3) is 1.00. The molecule has 0 bridgehead atoms. The Hall–Kier alpha value is -0.650. The largest absolute Gasteiger partial charge is 0.301 e. The zero-order chi connectivity index (χ0) is 6.78. The van der Waals surface area contributed by atoms with E-state index in [-0.39, 0.29) is 0 Å². The topological polar surface area (TPSA) is 77.3 Å². The maximum Gasteiger partial charge on any atom is 0.301 e. The average Bonchev–Trinajstić information content (AvgIpc) is 1.21. The van der Waals surface area contributed by atoms with Crippen LogP contribution in [0.15, 0.2) is 0 Å². The monoisotopic (exact) mass is 139 g/mol. The smallest absolute Gasteiger partial charge is 0.263 e. The predicted molar refractivity (Wildman–Crippen MR) is 26.7 cm³/mol. The molecule has 0 fully saturated rings. The highest BCUT2D eigenvalue weighted by molar-refractivity contribution is 7.90. The molecule has 48 valence electrons. The highest BCUT2D eigenvalue weighted by Crippen LogP contribution is 1.80. The Balaban J connectivity index is 3.95. The van der Waals surface area contributed by atoms with Gasteiger partial charge in [0.1, 0.15) is 0 Å². The Kier molecular flexibility index (Phi) is 1.91. The van der Waals surface area contributed by atoms with Gasteiger partial charge >= 0.3 is 5.88 Å². The molecule has 0 spiro atoms. The van der Waals surface area contributed by atoms with Gasteiger partial charge in [0.05, 0.1) is 0 Å². The second-order valence-corrected chi connectivity index (χ2v) is 3.50. The average molecular weight is 139 g/mol. The summed E-state index contributed by atoms with van der Waals surface area (Å²) in [6.07, 6.45) is 0.815. The number of rotatable bonds is 2. The van der Waals surface area contributed by atoms with Crippen molar-refractivity contribution in [2.75, 3.05) is 12.1 Å². The van der Waals surface area contributed by atoms with Gasteiger partial charge in [-0.05, 0) is 0 Å². The van der Waals surface area contributed by atoms with Gasteiger partial charge in [0.15, 0.2) is 0 Å². The molecular weight excluding hydrogens is 134 g/mol. The highest BCUT2D eigenvalue weighted by atomic mass is 32.2. The van der Waals surface area contributed by atoms with E-state index < -0.39 is 20.6 Å². The summed E-state index contributed by atoms with van der Waals surface area (Å²) in [5, 5.41) is 9.44. The van der Waals surface area contributed by atoms with Crippen molar-refractivity contribution in [3.8, 4) is 0 Å². The van der Waals surface area contributed by atoms with Gasteiger partial charge in [-0.3, -0.25) is 10.1 Å². The SMILES string of the molecule is CS(=O)(=O)C[N+](=O)[O-]. The molecule has 0 aliphatic heterocycles. The zero-order valence-electron chi connectivity index (χ0n) is 4.20. The molecule has 0 heterocycles. The summed E-state index contributed by atoms with van der Waals surface area (Å²) in [5.74, 6) is -0.979. The van der Waals surface area contributed by atoms with Gasteiger partial charge in [0.2, 0.25) is 9.84 Å². The molecule has 0 radical (unpaired) electrons. The first-order valence-electron chi connectivity index (χ1n) is 1.71. The minimum Gasteiger partial charge on any atom is -0.263 e. The van der Waals surface area contributed by atoms with Crippen molar-refractivity contribution in [1.82, 2.24) is 0 Å². The van der Waals surface area contributed by atoms with E-state index in [0.29, 0.717) is 0 Å². The Labute approximate surface area is 46.4 Å². The van der Waals surface area contributed by atoms with E-state index in [9.17, 15) is 18.5 Å². The number of hydrogen-bond acceptors (Lipinski definition) is 4. The maximum absolute atomic E-state index is 10.0. The van der Waals surface area contributed by atoms with E-state index in [2.05, 4.69) is 0 Å². The quantitative estimate of drug-likeness (QED) is 0.373. The first kappa shape index (κ1) is 7.35. The van der Waals surface area contributed by atoms with Gasteiger partial charge in [0, 0.05) is 11.2 Å². The van der Waals surface area contributed by atoms with Gasteiger partial charge in [-0.1, -0.05) is 0 Å². The van der Waals surface area contributed by atoms with E-state index in [1.807, 2.05) is 0 Å². The summed E-state index contributed by atoms with van der Waals surface area (Å²) < 4.78 is 20.0. The van der Waals surface area contributed by atoms with Crippen LogP contribution in [0, 0.1) is 10.1 Å². The Bertz CT molecular complexity index is 180. The number of hydrogen-bond donors (Lipinski definition) is 0. The van der Waals surface area contributed by atoms with Crippen LogP contribution in [-0.2, 0) is 9.84 Å². The first-order chi connectivity index (χ1) is 3.42. The van der Waals surface area contributed by atoms with Crippen LogP contribution in [0.25, 0.3) is 0 Å². The van der Waals surface area contributed by atoms with E-state index in [1.165, 1.54) is 0 Å². The minimum atomic E-state index is -3.42. The van der Waals surface area contributed by atoms with Crippen molar-refractivity contribution in [3.63, 3.8) is 0 Å². The minimum absolute atomic E-state index is 0.815. The molecule has 0 aliphatic rings. The summed E-state index contributed by atoms with van der Waals surface area (Å²) >= 11 is 0. The van der Waals surface area contributed by atoms with Crippen LogP contribution in [0.5, 0.6) is 0 Å². The third-order valence-corrected chi connectivity index (χ3v) is 1.02. The van der Waals surface area contributed by atoms with Gasteiger partial charge in [-0.15, -0.1) is 0 Å². The van der Waals surface area contributed by atoms with Gasteiger partial charge < -0.3 is 0 Å². The van der Waals surface area contributed by atoms with Crippen LogP contribution in [0.2, 0.25) is 0 Å². The normalized spacial score (nSPS) is 11.1.